The molecule has 2 heterocycles. The molecule has 0 spiro atoms. The maximum absolute atomic E-state index is 11.1. The van der Waals surface area contributed by atoms with Crippen LogP contribution in [0.15, 0.2) is 67.0 Å². The number of nitrogens with zero attached hydrogens (tertiary/aromatic N) is 3. The summed E-state index contributed by atoms with van der Waals surface area (Å²) in [7, 11) is 0. The molecule has 33 heavy (non-hydrogen) atoms. The lowest BCUT2D eigenvalue weighted by Crippen LogP contribution is -2.59. The van der Waals surface area contributed by atoms with E-state index in [1.54, 1.807) is 6.20 Å². The van der Waals surface area contributed by atoms with Crippen LogP contribution in [0, 0.1) is 6.92 Å². The molecule has 2 atom stereocenters. The van der Waals surface area contributed by atoms with E-state index in [-0.39, 0.29) is 6.61 Å². The third-order valence-electron chi connectivity index (χ3n) is 5.98. The minimum absolute atomic E-state index is 0.0491. The van der Waals surface area contributed by atoms with Crippen LogP contribution in [0.5, 0.6) is 11.5 Å². The number of likely N-dealkylation sites (tertiary alicyclic amines) is 1. The summed E-state index contributed by atoms with van der Waals surface area (Å²) in [5.74, 6) is 1.54. The van der Waals surface area contributed by atoms with Crippen LogP contribution in [0.4, 0.5) is 0 Å². The number of hydrogen-bond donors (Lipinski definition) is 2. The van der Waals surface area contributed by atoms with Crippen LogP contribution in [0.2, 0.25) is 0 Å². The molecular formula is C26H33N3O4. The quantitative estimate of drug-likeness (QED) is 0.461. The highest BCUT2D eigenvalue weighted by Gasteiger charge is 2.42. The van der Waals surface area contributed by atoms with Crippen LogP contribution in [0.25, 0.3) is 0 Å². The van der Waals surface area contributed by atoms with Crippen LogP contribution in [-0.2, 0) is 13.1 Å². The van der Waals surface area contributed by atoms with Crippen molar-refractivity contribution >= 4 is 0 Å². The highest BCUT2D eigenvalue weighted by atomic mass is 16.5. The summed E-state index contributed by atoms with van der Waals surface area (Å²) < 4.78 is 13.7. The van der Waals surface area contributed by atoms with Crippen molar-refractivity contribution in [3.05, 3.63) is 78.1 Å². The summed E-state index contributed by atoms with van der Waals surface area (Å²) in [5, 5.41) is 25.8. The summed E-state index contributed by atoms with van der Waals surface area (Å²) in [4.78, 5) is 2.16. The molecule has 7 nitrogen and oxygen atoms in total. The fourth-order valence-corrected chi connectivity index (χ4v) is 4.18. The molecule has 1 aliphatic rings. The van der Waals surface area contributed by atoms with E-state index in [9.17, 15) is 10.2 Å². The number of piperidine rings is 1. The van der Waals surface area contributed by atoms with Crippen LogP contribution < -0.4 is 9.47 Å². The Balaban J connectivity index is 1.29. The first-order valence-corrected chi connectivity index (χ1v) is 11.5. The average Bonchev–Trinajstić information content (AvgIpc) is 3.32. The average molecular weight is 452 g/mol. The van der Waals surface area contributed by atoms with Gasteiger partial charge in [-0.25, -0.2) is 0 Å². The lowest BCUT2D eigenvalue weighted by Gasteiger charge is -2.42. The molecule has 2 N–H and O–H groups in total. The second-order valence-corrected chi connectivity index (χ2v) is 8.84. The first-order chi connectivity index (χ1) is 16.0. The predicted molar refractivity (Wildman–Crippen MR) is 126 cm³/mol. The van der Waals surface area contributed by atoms with Gasteiger partial charge in [0.05, 0.1) is 12.7 Å². The van der Waals surface area contributed by atoms with Gasteiger partial charge in [-0.1, -0.05) is 24.3 Å². The molecule has 1 fully saturated rings. The van der Waals surface area contributed by atoms with Crippen molar-refractivity contribution in [2.24, 2.45) is 0 Å². The minimum atomic E-state index is -1.32. The Hall–Kier alpha value is -2.87. The fraction of sp³-hybridized carbons (Fsp3) is 0.423. The number of benzene rings is 2. The zero-order chi connectivity index (χ0) is 23.1. The van der Waals surface area contributed by atoms with Crippen LogP contribution in [0.1, 0.15) is 24.0 Å². The first kappa shape index (κ1) is 23.3. The zero-order valence-corrected chi connectivity index (χ0v) is 19.1. The Kier molecular flexibility index (Phi) is 7.65. The number of aromatic nitrogens is 2. The van der Waals surface area contributed by atoms with E-state index >= 15 is 0 Å². The van der Waals surface area contributed by atoms with Crippen molar-refractivity contribution in [1.29, 1.82) is 0 Å². The van der Waals surface area contributed by atoms with Crippen LogP contribution in [-0.4, -0.2) is 62.9 Å². The second kappa shape index (κ2) is 10.8. The maximum Gasteiger partial charge on any atom is 0.137 e. The van der Waals surface area contributed by atoms with E-state index in [4.69, 9.17) is 9.47 Å². The Morgan fingerprint density at radius 1 is 1.09 bits per heavy atom. The fourth-order valence-electron chi connectivity index (χ4n) is 4.18. The van der Waals surface area contributed by atoms with Gasteiger partial charge in [-0.05, 0) is 54.8 Å². The van der Waals surface area contributed by atoms with Gasteiger partial charge in [0.2, 0.25) is 0 Å². The molecule has 1 aromatic heterocycles. The molecular weight excluding hydrogens is 418 g/mol. The summed E-state index contributed by atoms with van der Waals surface area (Å²) in [6.45, 7) is 5.21. The molecule has 1 saturated heterocycles. The highest BCUT2D eigenvalue weighted by Crippen LogP contribution is 2.26. The van der Waals surface area contributed by atoms with Gasteiger partial charge in [0.1, 0.15) is 23.7 Å². The van der Waals surface area contributed by atoms with Gasteiger partial charge in [-0.15, -0.1) is 0 Å². The number of ether oxygens (including phenoxy) is 2. The largest absolute Gasteiger partial charge is 0.494 e. The highest BCUT2D eigenvalue weighted by molar-refractivity contribution is 5.29. The molecule has 2 aromatic carbocycles. The number of rotatable bonds is 10. The van der Waals surface area contributed by atoms with Crippen molar-refractivity contribution in [1.82, 2.24) is 14.7 Å². The lowest BCUT2D eigenvalue weighted by atomic mass is 9.90. The van der Waals surface area contributed by atoms with Gasteiger partial charge in [-0.2, -0.15) is 5.10 Å². The second-order valence-electron chi connectivity index (χ2n) is 8.84. The summed E-state index contributed by atoms with van der Waals surface area (Å²) in [6, 6.07) is 17.7. The molecule has 0 radical (unpaired) electrons. The molecule has 0 amide bonds. The number of hydrogen-bond acceptors (Lipinski definition) is 6. The normalized spacial score (nSPS) is 21.1. The van der Waals surface area contributed by atoms with Gasteiger partial charge in [0.25, 0.3) is 0 Å². The summed E-state index contributed by atoms with van der Waals surface area (Å²) in [6.07, 6.45) is 4.28. The van der Waals surface area contributed by atoms with Crippen molar-refractivity contribution in [2.75, 3.05) is 26.3 Å². The molecule has 176 valence electrons. The third-order valence-corrected chi connectivity index (χ3v) is 5.98. The zero-order valence-electron chi connectivity index (χ0n) is 19.1. The smallest absolute Gasteiger partial charge is 0.137 e. The standard InChI is InChI=1S/C26H33N3O4/c1-21-6-2-8-23(16-21)33-20-26(31)19-28(14-10-25(26)30)18-22-7-3-9-24(17-22)32-15-5-13-29-12-4-11-27-29/h2-4,6-9,11-12,16-17,25,30-31H,5,10,13-15,18-20H2,1H3/t25-,26-/m1/s1. The van der Waals surface area contributed by atoms with E-state index in [0.717, 1.165) is 29.8 Å². The van der Waals surface area contributed by atoms with Gasteiger partial charge >= 0.3 is 0 Å². The molecule has 0 bridgehead atoms. The Labute approximate surface area is 195 Å². The van der Waals surface area contributed by atoms with Crippen molar-refractivity contribution < 1.29 is 19.7 Å². The molecule has 0 unspecified atom stereocenters. The monoisotopic (exact) mass is 451 g/mol. The van der Waals surface area contributed by atoms with Gasteiger partial charge < -0.3 is 19.7 Å². The number of aliphatic hydroxyl groups is 2. The molecule has 3 aromatic rings. The van der Waals surface area contributed by atoms with Crippen molar-refractivity contribution in [3.8, 4) is 11.5 Å². The molecule has 0 saturated carbocycles. The summed E-state index contributed by atoms with van der Waals surface area (Å²) in [5.41, 5.74) is 0.884. The first-order valence-electron chi connectivity index (χ1n) is 11.5. The third kappa shape index (κ3) is 6.57. The minimum Gasteiger partial charge on any atom is -0.494 e. The summed E-state index contributed by atoms with van der Waals surface area (Å²) >= 11 is 0. The van der Waals surface area contributed by atoms with Gasteiger partial charge in [0, 0.05) is 45.0 Å². The topological polar surface area (TPSA) is 80.0 Å². The van der Waals surface area contributed by atoms with E-state index in [1.165, 1.54) is 0 Å². The van der Waals surface area contributed by atoms with E-state index < -0.39 is 11.7 Å². The lowest BCUT2D eigenvalue weighted by molar-refractivity contribution is -0.140. The maximum atomic E-state index is 11.1. The Bertz CT molecular complexity index is 1010. The van der Waals surface area contributed by atoms with Gasteiger partial charge in [-0.3, -0.25) is 9.58 Å². The molecule has 7 heteroatoms. The van der Waals surface area contributed by atoms with Crippen molar-refractivity contribution in [2.45, 2.75) is 44.6 Å². The molecule has 4 rings (SSSR count). The van der Waals surface area contributed by atoms with Gasteiger partial charge in [0.15, 0.2) is 0 Å². The number of aliphatic hydroxyl groups excluding tert-OH is 1. The van der Waals surface area contributed by atoms with E-state index in [1.807, 2.05) is 66.3 Å². The number of β-amino-alcohol motifs (C(OH)–C–C–N with tert-alkyl or cyclic N) is 1. The molecule has 0 aliphatic carbocycles. The van der Waals surface area contributed by atoms with E-state index in [2.05, 4.69) is 16.1 Å². The SMILES string of the molecule is Cc1cccc(OC[C@]2(O)CN(Cc3cccc(OCCCn4cccn4)c3)CC[C@H]2O)c1. The van der Waals surface area contributed by atoms with E-state index in [0.29, 0.717) is 38.4 Å². The predicted octanol–water partition coefficient (Wildman–Crippen LogP) is 3.04. The Morgan fingerprint density at radius 3 is 2.70 bits per heavy atom. The number of aryl methyl sites for hydroxylation is 2. The van der Waals surface area contributed by atoms with Crippen molar-refractivity contribution in [3.63, 3.8) is 0 Å². The molecule has 1 aliphatic heterocycles. The van der Waals surface area contributed by atoms with Crippen LogP contribution in [0.3, 0.4) is 0 Å². The van der Waals surface area contributed by atoms with Crippen LogP contribution >= 0.6 is 0 Å². The Morgan fingerprint density at radius 2 is 1.91 bits per heavy atom.